The van der Waals surface area contributed by atoms with Gasteiger partial charge in [0, 0.05) is 6.54 Å². The Labute approximate surface area is 262 Å². The van der Waals surface area contributed by atoms with Crippen molar-refractivity contribution in [1.82, 2.24) is 10.2 Å². The predicted molar refractivity (Wildman–Crippen MR) is 163 cm³/mol. The number of hydrogen-bond acceptors (Lipinski definition) is 15. The maximum absolute atomic E-state index is 12.8. The summed E-state index contributed by atoms with van der Waals surface area (Å²) in [6, 6.07) is -2.01. The molecule has 0 aromatic heterocycles. The summed E-state index contributed by atoms with van der Waals surface area (Å²) in [5.41, 5.74) is 4.26. The molecule has 0 aliphatic carbocycles. The van der Waals surface area contributed by atoms with Crippen molar-refractivity contribution in [2.45, 2.75) is 130 Å². The van der Waals surface area contributed by atoms with Crippen LogP contribution in [0.1, 0.15) is 40.0 Å². The van der Waals surface area contributed by atoms with E-state index in [1.54, 1.807) is 12.5 Å². The fraction of sp³-hybridized carbons (Fsp3) is 0.963. The number of carbonyl (C=O) groups excluding carboxylic acids is 1. The topological polar surface area (TPSA) is 239 Å². The third kappa shape index (κ3) is 9.60. The molecule has 16 heteroatoms. The van der Waals surface area contributed by atoms with Crippen molar-refractivity contribution in [3.8, 4) is 0 Å². The van der Waals surface area contributed by atoms with Crippen molar-refractivity contribution in [3.05, 3.63) is 0 Å². The van der Waals surface area contributed by atoms with E-state index in [2.05, 4.69) is 12.2 Å². The highest BCUT2D eigenvalue weighted by atomic mass is 32.2. The normalized spacial score (nSPS) is 41.5. The number of ether oxygens (including phenoxy) is 2. The van der Waals surface area contributed by atoms with Gasteiger partial charge in [-0.25, -0.2) is 0 Å². The number of nitrogens with one attached hydrogen (secondary N) is 1. The van der Waals surface area contributed by atoms with Crippen LogP contribution in [0.3, 0.4) is 0 Å². The first-order valence-corrected chi connectivity index (χ1v) is 17.3. The molecule has 3 heterocycles. The van der Waals surface area contributed by atoms with E-state index in [0.29, 0.717) is 5.92 Å². The number of hydrogen-bond donors (Lipinski definition) is 10. The van der Waals surface area contributed by atoms with Gasteiger partial charge in [0.2, 0.25) is 5.91 Å². The zero-order chi connectivity index (χ0) is 32.8. The third-order valence-electron chi connectivity index (χ3n) is 8.43. The Balaban J connectivity index is 0.000000344. The highest BCUT2D eigenvalue weighted by Crippen LogP contribution is 2.31. The molecule has 11 N–H and O–H groups in total. The molecule has 3 saturated heterocycles. The molecule has 0 aromatic carbocycles. The molecule has 3 rings (SSSR count). The summed E-state index contributed by atoms with van der Waals surface area (Å²) in [4.78, 5) is 14.9. The molecule has 3 aliphatic heterocycles. The molecule has 1 amide bonds. The second-order valence-electron chi connectivity index (χ2n) is 11.8. The monoisotopic (exact) mass is 659 g/mol. The molecule has 3 aliphatic rings. The largest absolute Gasteiger partial charge is 0.392 e. The quantitative estimate of drug-likeness (QED) is 0.113. The standard InChI is InChI=1S/C18H34N2O6S.C9H19NO5S/c1-5-6-10-7-11(20(3)8-10)17(25)19-12(9(2)21)16-14(23)13(22)15(24)18(26-16)27-4;1-3(11)4(10)8-6(13)5(12)7(14)9(15-8)16-2/h9-16,18,21-24H,5-8H2,1-4H3,(H,19,25);3-9,11-14H,10H2,1-2H3/t9-,10+,11-,12?,13-,14+,15+,16?,18+;3-,4?,5-,6+,7+,8?,9+/m00/s1. The van der Waals surface area contributed by atoms with E-state index >= 15 is 0 Å². The maximum atomic E-state index is 12.8. The van der Waals surface area contributed by atoms with Crippen LogP contribution >= 0.6 is 23.5 Å². The van der Waals surface area contributed by atoms with Gasteiger partial charge >= 0.3 is 0 Å². The summed E-state index contributed by atoms with van der Waals surface area (Å²) >= 11 is 2.41. The number of nitrogens with zero attached hydrogens (tertiary/aromatic N) is 1. The van der Waals surface area contributed by atoms with Crippen LogP contribution in [0, 0.1) is 5.92 Å². The van der Waals surface area contributed by atoms with Crippen LogP contribution in [-0.4, -0.2) is 168 Å². The SMILES string of the molecule is CCC[C@@H]1C[C@@H](C(=O)NC(C2O[C@H](SC)[C@H](O)[C@@H](O)[C@H]2O)[C@H](C)O)N(C)C1.CS[C@H]1OC(C(N)[C@H](C)O)[C@H](O)[C@H](O)[C@H]1O. The number of likely N-dealkylation sites (N-methyl/N-ethyl adjacent to an activating group) is 1. The Morgan fingerprint density at radius 1 is 0.884 bits per heavy atom. The van der Waals surface area contributed by atoms with Crippen molar-refractivity contribution in [1.29, 1.82) is 0 Å². The van der Waals surface area contributed by atoms with Crippen molar-refractivity contribution in [2.75, 3.05) is 26.1 Å². The van der Waals surface area contributed by atoms with Crippen molar-refractivity contribution in [2.24, 2.45) is 11.7 Å². The van der Waals surface area contributed by atoms with Gasteiger partial charge in [0.05, 0.1) is 30.3 Å². The fourth-order valence-electron chi connectivity index (χ4n) is 5.79. The Morgan fingerprint density at radius 3 is 1.81 bits per heavy atom. The minimum atomic E-state index is -1.42. The van der Waals surface area contributed by atoms with E-state index in [0.717, 1.165) is 25.8 Å². The molecule has 0 spiro atoms. The molecule has 0 radical (unpaired) electrons. The Hall–Kier alpha value is -0.310. The van der Waals surface area contributed by atoms with Crippen LogP contribution in [0.15, 0.2) is 0 Å². The van der Waals surface area contributed by atoms with Gasteiger partial charge in [-0.15, -0.1) is 23.5 Å². The number of thioether (sulfide) groups is 2. The molecule has 16 atom stereocenters. The van der Waals surface area contributed by atoms with Gasteiger partial charge in [-0.05, 0) is 52.2 Å². The van der Waals surface area contributed by atoms with E-state index < -0.39 is 84.0 Å². The van der Waals surface area contributed by atoms with E-state index in [9.17, 15) is 45.6 Å². The second-order valence-corrected chi connectivity index (χ2v) is 13.7. The maximum Gasteiger partial charge on any atom is 0.237 e. The first-order valence-electron chi connectivity index (χ1n) is 14.7. The van der Waals surface area contributed by atoms with Gasteiger partial charge in [-0.2, -0.15) is 0 Å². The van der Waals surface area contributed by atoms with E-state index in [4.69, 9.17) is 15.2 Å². The number of amides is 1. The molecule has 4 unspecified atom stereocenters. The van der Waals surface area contributed by atoms with Crippen LogP contribution in [0.5, 0.6) is 0 Å². The molecule has 0 bridgehead atoms. The predicted octanol–water partition coefficient (Wildman–Crippen LogP) is -2.99. The van der Waals surface area contributed by atoms with Crippen molar-refractivity contribution >= 4 is 29.4 Å². The lowest BCUT2D eigenvalue weighted by molar-refractivity contribution is -0.211. The molecule has 254 valence electrons. The number of rotatable bonds is 10. The number of aliphatic hydroxyl groups is 8. The first kappa shape index (κ1) is 38.9. The van der Waals surface area contributed by atoms with E-state index in [1.807, 2.05) is 11.9 Å². The van der Waals surface area contributed by atoms with Crippen molar-refractivity contribution in [3.63, 3.8) is 0 Å². The van der Waals surface area contributed by atoms with E-state index in [-0.39, 0.29) is 11.9 Å². The summed E-state index contributed by atoms with van der Waals surface area (Å²) in [5.74, 6) is 0.245. The summed E-state index contributed by atoms with van der Waals surface area (Å²) < 4.78 is 11.1. The molecule has 14 nitrogen and oxygen atoms in total. The number of aliphatic hydroxyl groups excluding tert-OH is 8. The Morgan fingerprint density at radius 2 is 1.37 bits per heavy atom. The number of carbonyl (C=O) groups is 1. The zero-order valence-electron chi connectivity index (χ0n) is 25.7. The average Bonchev–Trinajstić information content (AvgIpc) is 3.34. The first-order chi connectivity index (χ1) is 20.1. The molecule has 43 heavy (non-hydrogen) atoms. The highest BCUT2D eigenvalue weighted by Gasteiger charge is 2.49. The summed E-state index contributed by atoms with van der Waals surface area (Å²) in [7, 11) is 1.91. The lowest BCUT2D eigenvalue weighted by atomic mass is 9.92. The number of nitrogens with two attached hydrogens (primary N) is 1. The zero-order valence-corrected chi connectivity index (χ0v) is 27.3. The van der Waals surface area contributed by atoms with Gasteiger partial charge in [-0.3, -0.25) is 9.69 Å². The summed E-state index contributed by atoms with van der Waals surface area (Å²) in [5, 5.41) is 81.8. The third-order valence-corrected chi connectivity index (χ3v) is 10.1. The van der Waals surface area contributed by atoms with Gasteiger partial charge in [-0.1, -0.05) is 13.3 Å². The summed E-state index contributed by atoms with van der Waals surface area (Å²) in [6.45, 7) is 5.96. The van der Waals surface area contributed by atoms with Crippen LogP contribution in [0.25, 0.3) is 0 Å². The van der Waals surface area contributed by atoms with Crippen LogP contribution in [-0.2, 0) is 14.3 Å². The second kappa shape index (κ2) is 17.6. The summed E-state index contributed by atoms with van der Waals surface area (Å²) in [6.07, 6.45) is -5.33. The Kier molecular flexibility index (Phi) is 15.9. The van der Waals surface area contributed by atoms with E-state index in [1.165, 1.54) is 37.4 Å². The molecular weight excluding hydrogens is 606 g/mol. The highest BCUT2D eigenvalue weighted by molar-refractivity contribution is 7.99. The molecule has 0 saturated carbocycles. The van der Waals surface area contributed by atoms with Crippen molar-refractivity contribution < 1.29 is 55.1 Å². The molecule has 0 aromatic rings. The minimum absolute atomic E-state index is 0.223. The van der Waals surface area contributed by atoms with Gasteiger partial charge < -0.3 is 61.4 Å². The van der Waals surface area contributed by atoms with Gasteiger partial charge in [0.1, 0.15) is 59.7 Å². The lowest BCUT2D eigenvalue weighted by Crippen LogP contribution is -2.65. The average molecular weight is 660 g/mol. The van der Waals surface area contributed by atoms with Gasteiger partial charge in [0.15, 0.2) is 0 Å². The van der Waals surface area contributed by atoms with Crippen LogP contribution < -0.4 is 11.1 Å². The lowest BCUT2D eigenvalue weighted by Gasteiger charge is -2.44. The molecular formula is C27H53N3O11S2. The molecule has 3 fully saturated rings. The number of likely N-dealkylation sites (tertiary alicyclic amines) is 1. The van der Waals surface area contributed by atoms with Gasteiger partial charge in [0.25, 0.3) is 0 Å². The van der Waals surface area contributed by atoms with Crippen LogP contribution in [0.2, 0.25) is 0 Å². The smallest absolute Gasteiger partial charge is 0.237 e. The Bertz CT molecular complexity index is 846. The van der Waals surface area contributed by atoms with Crippen LogP contribution in [0.4, 0.5) is 0 Å². The minimum Gasteiger partial charge on any atom is -0.392 e. The fourth-order valence-corrected chi connectivity index (χ4v) is 7.15.